The van der Waals surface area contributed by atoms with Gasteiger partial charge in [-0.15, -0.1) is 0 Å². The van der Waals surface area contributed by atoms with E-state index in [1.165, 1.54) is 4.68 Å². The number of benzene rings is 2. The number of hydrogen-bond donors (Lipinski definition) is 2. The molecular weight excluding hydrogens is 366 g/mol. The highest BCUT2D eigenvalue weighted by Crippen LogP contribution is 2.10. The van der Waals surface area contributed by atoms with Crippen molar-refractivity contribution in [3.05, 3.63) is 70.8 Å². The van der Waals surface area contributed by atoms with Gasteiger partial charge in [0.05, 0.1) is 16.6 Å². The Balaban J connectivity index is 1.86. The van der Waals surface area contributed by atoms with Crippen molar-refractivity contribution in [3.8, 4) is 0 Å². The third-order valence-electron chi connectivity index (χ3n) is 4.82. The molecule has 0 aliphatic heterocycles. The highest BCUT2D eigenvalue weighted by atomic mass is 16.2. The molecule has 0 saturated heterocycles. The van der Waals surface area contributed by atoms with Crippen LogP contribution < -0.4 is 16.3 Å². The fourth-order valence-electron chi connectivity index (χ4n) is 3.15. The first-order chi connectivity index (χ1) is 14.1. The van der Waals surface area contributed by atoms with E-state index in [2.05, 4.69) is 34.5 Å². The molecule has 0 aliphatic rings. The Labute approximate surface area is 170 Å². The number of carbonyl (C=O) groups is 1. The van der Waals surface area contributed by atoms with Crippen LogP contribution in [0.1, 0.15) is 30.9 Å². The largest absolute Gasteiger partial charge is 0.349 e. The van der Waals surface area contributed by atoms with Crippen molar-refractivity contribution in [2.45, 2.75) is 20.3 Å². The zero-order valence-corrected chi connectivity index (χ0v) is 16.9. The average Bonchev–Trinajstić information content (AvgIpc) is 2.76. The minimum atomic E-state index is -0.379. The summed E-state index contributed by atoms with van der Waals surface area (Å²) < 4.78 is 1.22. The van der Waals surface area contributed by atoms with E-state index >= 15 is 0 Å². The smallest absolute Gasteiger partial charge is 0.289 e. The molecule has 0 unspecified atom stereocenters. The van der Waals surface area contributed by atoms with Crippen LogP contribution in [0.3, 0.4) is 0 Å². The summed E-state index contributed by atoms with van der Waals surface area (Å²) in [4.78, 5) is 32.6. The van der Waals surface area contributed by atoms with Crippen molar-refractivity contribution in [2.24, 2.45) is 0 Å². The molecule has 0 atom stereocenters. The molecule has 0 saturated carbocycles. The minimum Gasteiger partial charge on any atom is -0.349 e. The Morgan fingerprint density at radius 2 is 1.72 bits per heavy atom. The van der Waals surface area contributed by atoms with Crippen LogP contribution >= 0.6 is 0 Å². The molecule has 7 heteroatoms. The number of para-hydroxylation sites is 2. The van der Waals surface area contributed by atoms with Gasteiger partial charge in [-0.2, -0.15) is 4.68 Å². The second kappa shape index (κ2) is 9.84. The van der Waals surface area contributed by atoms with E-state index in [1.807, 2.05) is 30.3 Å². The zero-order chi connectivity index (χ0) is 20.6. The Morgan fingerprint density at radius 3 is 2.45 bits per heavy atom. The highest BCUT2D eigenvalue weighted by molar-refractivity contribution is 5.93. The molecule has 2 N–H and O–H groups in total. The van der Waals surface area contributed by atoms with Gasteiger partial charge < -0.3 is 10.2 Å². The molecule has 0 fully saturated rings. The van der Waals surface area contributed by atoms with E-state index in [0.29, 0.717) is 23.1 Å². The standard InChI is InChI=1S/C22H27N5O2/c1-3-26(4-2)16-10-15-23-21(28)20-24-19-14-9-8-13-18(19)22(29)27(20)25-17-11-6-5-7-12-17/h5-9,11-14,25H,3-4,10,15-16H2,1-2H3,(H,23,28). The lowest BCUT2D eigenvalue weighted by atomic mass is 10.2. The van der Waals surface area contributed by atoms with Crippen LogP contribution in [0.25, 0.3) is 10.9 Å². The molecular formula is C22H27N5O2. The van der Waals surface area contributed by atoms with Gasteiger partial charge in [0.15, 0.2) is 0 Å². The van der Waals surface area contributed by atoms with E-state index in [-0.39, 0.29) is 17.3 Å². The molecule has 1 aromatic heterocycles. The van der Waals surface area contributed by atoms with Gasteiger partial charge in [0.2, 0.25) is 5.82 Å². The van der Waals surface area contributed by atoms with E-state index in [9.17, 15) is 9.59 Å². The second-order valence-corrected chi connectivity index (χ2v) is 6.71. The van der Waals surface area contributed by atoms with Crippen molar-refractivity contribution in [1.29, 1.82) is 0 Å². The highest BCUT2D eigenvalue weighted by Gasteiger charge is 2.17. The fraction of sp³-hybridized carbons (Fsp3) is 0.318. The second-order valence-electron chi connectivity index (χ2n) is 6.71. The molecule has 3 rings (SSSR count). The molecule has 0 aliphatic carbocycles. The maximum atomic E-state index is 13.0. The van der Waals surface area contributed by atoms with Crippen LogP contribution in [0, 0.1) is 0 Å². The zero-order valence-electron chi connectivity index (χ0n) is 16.9. The van der Waals surface area contributed by atoms with E-state index in [0.717, 1.165) is 26.1 Å². The van der Waals surface area contributed by atoms with Crippen LogP contribution in [0.5, 0.6) is 0 Å². The SMILES string of the molecule is CCN(CC)CCCNC(=O)c1nc2ccccc2c(=O)n1Nc1ccccc1. The number of aromatic nitrogens is 2. The molecule has 29 heavy (non-hydrogen) atoms. The van der Waals surface area contributed by atoms with Gasteiger partial charge in [0, 0.05) is 6.54 Å². The summed E-state index contributed by atoms with van der Waals surface area (Å²) in [6.45, 7) is 7.63. The molecule has 7 nitrogen and oxygen atoms in total. The van der Waals surface area contributed by atoms with Crippen molar-refractivity contribution in [1.82, 2.24) is 19.9 Å². The number of anilines is 1. The Hall–Kier alpha value is -3.19. The topological polar surface area (TPSA) is 79.3 Å². The summed E-state index contributed by atoms with van der Waals surface area (Å²) in [5.41, 5.74) is 3.89. The molecule has 1 amide bonds. The molecule has 2 aromatic carbocycles. The Kier molecular flexibility index (Phi) is 6.97. The molecule has 1 heterocycles. The monoisotopic (exact) mass is 393 g/mol. The summed E-state index contributed by atoms with van der Waals surface area (Å²) in [5.74, 6) is -0.337. The summed E-state index contributed by atoms with van der Waals surface area (Å²) in [7, 11) is 0. The molecule has 152 valence electrons. The van der Waals surface area contributed by atoms with Gasteiger partial charge in [0.25, 0.3) is 11.5 Å². The Morgan fingerprint density at radius 1 is 1.03 bits per heavy atom. The number of carbonyl (C=O) groups excluding carboxylic acids is 1. The van der Waals surface area contributed by atoms with Crippen LogP contribution in [0.15, 0.2) is 59.4 Å². The number of hydrogen-bond acceptors (Lipinski definition) is 5. The van der Waals surface area contributed by atoms with Gasteiger partial charge in [-0.05, 0) is 50.3 Å². The summed E-state index contributed by atoms with van der Waals surface area (Å²) in [5, 5.41) is 3.35. The fourth-order valence-corrected chi connectivity index (χ4v) is 3.15. The summed E-state index contributed by atoms with van der Waals surface area (Å²) >= 11 is 0. The first-order valence-electron chi connectivity index (χ1n) is 9.98. The van der Waals surface area contributed by atoms with Gasteiger partial charge in [-0.25, -0.2) is 4.98 Å². The predicted octanol–water partition coefficient (Wildman–Crippen LogP) is 2.73. The van der Waals surface area contributed by atoms with Crippen molar-refractivity contribution < 1.29 is 4.79 Å². The van der Waals surface area contributed by atoms with Crippen LogP contribution in [-0.2, 0) is 0 Å². The Bertz CT molecular complexity index is 1010. The van der Waals surface area contributed by atoms with E-state index in [1.54, 1.807) is 24.3 Å². The van der Waals surface area contributed by atoms with Gasteiger partial charge in [-0.3, -0.25) is 15.0 Å². The van der Waals surface area contributed by atoms with E-state index in [4.69, 9.17) is 0 Å². The summed E-state index contributed by atoms with van der Waals surface area (Å²) in [6, 6.07) is 16.3. The number of nitrogens with zero attached hydrogens (tertiary/aromatic N) is 3. The summed E-state index contributed by atoms with van der Waals surface area (Å²) in [6.07, 6.45) is 0.831. The van der Waals surface area contributed by atoms with Crippen molar-refractivity contribution >= 4 is 22.5 Å². The van der Waals surface area contributed by atoms with Crippen molar-refractivity contribution in [2.75, 3.05) is 31.6 Å². The third kappa shape index (κ3) is 5.00. The van der Waals surface area contributed by atoms with Gasteiger partial charge in [0.1, 0.15) is 0 Å². The molecule has 0 spiro atoms. The van der Waals surface area contributed by atoms with Gasteiger partial charge in [-0.1, -0.05) is 44.2 Å². The first kappa shape index (κ1) is 20.5. The van der Waals surface area contributed by atoms with Crippen LogP contribution in [0.4, 0.5) is 5.69 Å². The number of rotatable bonds is 9. The van der Waals surface area contributed by atoms with Crippen LogP contribution in [-0.4, -0.2) is 46.6 Å². The lowest BCUT2D eigenvalue weighted by molar-refractivity contribution is 0.0937. The number of fused-ring (bicyclic) bond motifs is 1. The van der Waals surface area contributed by atoms with Crippen LogP contribution in [0.2, 0.25) is 0 Å². The number of amides is 1. The van der Waals surface area contributed by atoms with E-state index < -0.39 is 0 Å². The predicted molar refractivity (Wildman–Crippen MR) is 116 cm³/mol. The number of nitrogens with one attached hydrogen (secondary N) is 2. The van der Waals surface area contributed by atoms with Gasteiger partial charge >= 0.3 is 0 Å². The first-order valence-corrected chi connectivity index (χ1v) is 9.98. The quantitative estimate of drug-likeness (QED) is 0.547. The lowest BCUT2D eigenvalue weighted by Crippen LogP contribution is -2.38. The average molecular weight is 393 g/mol. The molecule has 3 aromatic rings. The maximum Gasteiger partial charge on any atom is 0.289 e. The third-order valence-corrected chi connectivity index (χ3v) is 4.82. The normalized spacial score (nSPS) is 11.0. The van der Waals surface area contributed by atoms with Crippen molar-refractivity contribution in [3.63, 3.8) is 0 Å². The maximum absolute atomic E-state index is 13.0. The lowest BCUT2D eigenvalue weighted by Gasteiger charge is -2.18. The minimum absolute atomic E-state index is 0.0420. The molecule has 0 radical (unpaired) electrons. The molecule has 0 bridgehead atoms.